The first kappa shape index (κ1) is 17.4. The summed E-state index contributed by atoms with van der Waals surface area (Å²) >= 11 is 0. The molecule has 1 aliphatic heterocycles. The quantitative estimate of drug-likeness (QED) is 0.875. The number of rotatable bonds is 5. The number of hydrogen-bond donors (Lipinski definition) is 2. The molecule has 1 unspecified atom stereocenters. The summed E-state index contributed by atoms with van der Waals surface area (Å²) in [6.07, 6.45) is 2.09. The summed E-state index contributed by atoms with van der Waals surface area (Å²) in [5.41, 5.74) is 2.76. The summed E-state index contributed by atoms with van der Waals surface area (Å²) in [6, 6.07) is 9.46. The van der Waals surface area contributed by atoms with Crippen LogP contribution in [0.4, 0.5) is 5.69 Å². The largest absolute Gasteiger partial charge is 0.439 e. The predicted molar refractivity (Wildman–Crippen MR) is 96.1 cm³/mol. The Labute approximate surface area is 147 Å². The monoisotopic (exact) mass is 341 g/mol. The highest BCUT2D eigenvalue weighted by Gasteiger charge is 2.17. The Kier molecular flexibility index (Phi) is 5.63. The Balaban J connectivity index is 1.65. The molecule has 2 heterocycles. The molecule has 1 fully saturated rings. The molecule has 1 atom stereocenters. The fraction of sp³-hybridized carbons (Fsp3) is 0.368. The smallest absolute Gasteiger partial charge is 0.226 e. The van der Waals surface area contributed by atoms with Crippen LogP contribution in [-0.2, 0) is 9.53 Å². The van der Waals surface area contributed by atoms with Crippen molar-refractivity contribution in [2.45, 2.75) is 26.3 Å². The van der Waals surface area contributed by atoms with E-state index >= 15 is 0 Å². The number of nitrogens with zero attached hydrogens (tertiary/aromatic N) is 1. The Morgan fingerprint density at radius 1 is 1.36 bits per heavy atom. The van der Waals surface area contributed by atoms with E-state index in [1.807, 2.05) is 44.2 Å². The van der Waals surface area contributed by atoms with Gasteiger partial charge in [0.2, 0.25) is 11.8 Å². The molecular weight excluding hydrogens is 318 g/mol. The first-order valence-electron chi connectivity index (χ1n) is 8.42. The van der Waals surface area contributed by atoms with Gasteiger partial charge in [-0.1, -0.05) is 6.07 Å². The fourth-order valence-corrected chi connectivity index (χ4v) is 2.65. The van der Waals surface area contributed by atoms with Crippen molar-refractivity contribution in [2.24, 2.45) is 0 Å². The number of aromatic nitrogens is 1. The maximum absolute atomic E-state index is 12.2. The minimum atomic E-state index is -0.0496. The summed E-state index contributed by atoms with van der Waals surface area (Å²) in [7, 11) is 0. The van der Waals surface area contributed by atoms with Gasteiger partial charge in [0.1, 0.15) is 5.75 Å². The van der Waals surface area contributed by atoms with E-state index in [4.69, 9.17) is 9.47 Å². The summed E-state index contributed by atoms with van der Waals surface area (Å²) in [5, 5.41) is 6.19. The number of pyridine rings is 1. The molecule has 132 valence electrons. The molecule has 0 saturated carbocycles. The molecule has 1 amide bonds. The van der Waals surface area contributed by atoms with Crippen LogP contribution < -0.4 is 15.4 Å². The second kappa shape index (κ2) is 8.09. The summed E-state index contributed by atoms with van der Waals surface area (Å²) in [5.74, 6) is 1.16. The molecular formula is C19H23N3O3. The maximum atomic E-state index is 12.2. The molecule has 1 aliphatic rings. The van der Waals surface area contributed by atoms with Gasteiger partial charge >= 0.3 is 0 Å². The average Bonchev–Trinajstić information content (AvgIpc) is 2.59. The number of carbonyl (C=O) groups is 1. The van der Waals surface area contributed by atoms with E-state index in [-0.39, 0.29) is 11.9 Å². The number of morpholine rings is 1. The topological polar surface area (TPSA) is 72.5 Å². The lowest BCUT2D eigenvalue weighted by Gasteiger charge is -2.23. The van der Waals surface area contributed by atoms with Crippen molar-refractivity contribution in [2.75, 3.05) is 25.1 Å². The molecule has 2 aromatic rings. The van der Waals surface area contributed by atoms with E-state index in [1.54, 1.807) is 6.20 Å². The Morgan fingerprint density at radius 3 is 3.00 bits per heavy atom. The minimum Gasteiger partial charge on any atom is -0.439 e. The van der Waals surface area contributed by atoms with Crippen molar-refractivity contribution in [1.82, 2.24) is 10.3 Å². The van der Waals surface area contributed by atoms with Gasteiger partial charge in [-0.2, -0.15) is 0 Å². The van der Waals surface area contributed by atoms with Gasteiger partial charge in [-0.15, -0.1) is 0 Å². The second-order valence-corrected chi connectivity index (χ2v) is 6.23. The van der Waals surface area contributed by atoms with Crippen LogP contribution >= 0.6 is 0 Å². The van der Waals surface area contributed by atoms with Gasteiger partial charge < -0.3 is 20.1 Å². The van der Waals surface area contributed by atoms with Gasteiger partial charge in [0.05, 0.1) is 13.2 Å². The van der Waals surface area contributed by atoms with Crippen molar-refractivity contribution in [3.63, 3.8) is 0 Å². The number of ether oxygens (including phenoxy) is 2. The van der Waals surface area contributed by atoms with Crippen molar-refractivity contribution >= 4 is 11.6 Å². The lowest BCUT2D eigenvalue weighted by molar-refractivity contribution is -0.117. The van der Waals surface area contributed by atoms with E-state index in [0.717, 1.165) is 17.7 Å². The number of aryl methyl sites for hydroxylation is 2. The molecule has 0 bridgehead atoms. The first-order chi connectivity index (χ1) is 12.1. The number of carbonyl (C=O) groups excluding carboxylic acids is 1. The van der Waals surface area contributed by atoms with Gasteiger partial charge in [-0.3, -0.25) is 4.79 Å². The normalized spacial score (nSPS) is 17.1. The zero-order valence-electron chi connectivity index (χ0n) is 14.5. The van der Waals surface area contributed by atoms with E-state index in [1.165, 1.54) is 0 Å². The lowest BCUT2D eigenvalue weighted by atomic mass is 10.1. The van der Waals surface area contributed by atoms with Crippen LogP contribution in [0.25, 0.3) is 0 Å². The van der Waals surface area contributed by atoms with E-state index in [2.05, 4.69) is 15.6 Å². The van der Waals surface area contributed by atoms with Crippen LogP contribution in [0.15, 0.2) is 36.5 Å². The Bertz CT molecular complexity index is 742. The molecule has 2 N–H and O–H groups in total. The van der Waals surface area contributed by atoms with Crippen LogP contribution in [0.3, 0.4) is 0 Å². The highest BCUT2D eigenvalue weighted by atomic mass is 16.5. The molecule has 0 spiro atoms. The fourth-order valence-electron chi connectivity index (χ4n) is 2.65. The summed E-state index contributed by atoms with van der Waals surface area (Å²) in [6.45, 7) is 5.99. The zero-order valence-corrected chi connectivity index (χ0v) is 14.5. The van der Waals surface area contributed by atoms with Gasteiger partial charge in [0.25, 0.3) is 0 Å². The third-order valence-corrected chi connectivity index (χ3v) is 4.01. The summed E-state index contributed by atoms with van der Waals surface area (Å²) in [4.78, 5) is 16.4. The SMILES string of the molecule is Cc1ccnc(Oc2cc(NC(=O)CC3COCCN3)ccc2C)c1. The highest BCUT2D eigenvalue weighted by molar-refractivity contribution is 5.91. The maximum Gasteiger partial charge on any atom is 0.226 e. The van der Waals surface area contributed by atoms with E-state index in [0.29, 0.717) is 37.0 Å². The number of hydrogen-bond acceptors (Lipinski definition) is 5. The second-order valence-electron chi connectivity index (χ2n) is 6.23. The molecule has 6 heteroatoms. The third-order valence-electron chi connectivity index (χ3n) is 4.01. The standard InChI is InChI=1S/C19H23N3O3/c1-13-5-6-21-19(9-13)25-17-10-15(4-3-14(17)2)22-18(23)11-16-12-24-8-7-20-16/h3-6,9-10,16,20H,7-8,11-12H2,1-2H3,(H,22,23). The van der Waals surface area contributed by atoms with Crippen molar-refractivity contribution in [3.05, 3.63) is 47.7 Å². The van der Waals surface area contributed by atoms with Crippen molar-refractivity contribution < 1.29 is 14.3 Å². The molecule has 1 aromatic heterocycles. The van der Waals surface area contributed by atoms with Gasteiger partial charge in [0.15, 0.2) is 0 Å². The molecule has 1 saturated heterocycles. The summed E-state index contributed by atoms with van der Waals surface area (Å²) < 4.78 is 11.2. The molecule has 0 radical (unpaired) electrons. The number of nitrogens with one attached hydrogen (secondary N) is 2. The average molecular weight is 341 g/mol. The van der Waals surface area contributed by atoms with Crippen LogP contribution in [0, 0.1) is 13.8 Å². The first-order valence-corrected chi connectivity index (χ1v) is 8.42. The minimum absolute atomic E-state index is 0.0496. The van der Waals surface area contributed by atoms with Gasteiger partial charge in [0, 0.05) is 43.0 Å². The Morgan fingerprint density at radius 2 is 2.24 bits per heavy atom. The molecule has 0 aliphatic carbocycles. The van der Waals surface area contributed by atoms with E-state index < -0.39 is 0 Å². The number of amides is 1. The van der Waals surface area contributed by atoms with E-state index in [9.17, 15) is 4.79 Å². The van der Waals surface area contributed by atoms with Gasteiger partial charge in [-0.25, -0.2) is 4.98 Å². The molecule has 3 rings (SSSR count). The van der Waals surface area contributed by atoms with Crippen LogP contribution in [0.2, 0.25) is 0 Å². The number of benzene rings is 1. The van der Waals surface area contributed by atoms with Crippen molar-refractivity contribution in [3.8, 4) is 11.6 Å². The molecule has 6 nitrogen and oxygen atoms in total. The van der Waals surface area contributed by atoms with Crippen LogP contribution in [0.1, 0.15) is 17.5 Å². The number of anilines is 1. The third kappa shape index (κ3) is 5.01. The van der Waals surface area contributed by atoms with Crippen LogP contribution in [0.5, 0.6) is 11.6 Å². The van der Waals surface area contributed by atoms with Crippen molar-refractivity contribution in [1.29, 1.82) is 0 Å². The zero-order chi connectivity index (χ0) is 17.6. The van der Waals surface area contributed by atoms with Crippen LogP contribution in [-0.4, -0.2) is 36.7 Å². The molecule has 1 aromatic carbocycles. The molecule has 25 heavy (non-hydrogen) atoms. The lowest BCUT2D eigenvalue weighted by Crippen LogP contribution is -2.43. The predicted octanol–water partition coefficient (Wildman–Crippen LogP) is 2.81. The van der Waals surface area contributed by atoms with Gasteiger partial charge in [-0.05, 0) is 37.1 Å². The Hall–Kier alpha value is -2.44. The highest BCUT2D eigenvalue weighted by Crippen LogP contribution is 2.27.